The van der Waals surface area contributed by atoms with Crippen molar-refractivity contribution in [2.24, 2.45) is 0 Å². The molecule has 0 aromatic heterocycles. The second-order valence-electron chi connectivity index (χ2n) is 4.91. The normalized spacial score (nSPS) is 9.12. The van der Waals surface area contributed by atoms with Gasteiger partial charge in [0.05, 0.1) is 5.69 Å². The molecule has 0 saturated heterocycles. The van der Waals surface area contributed by atoms with Crippen LogP contribution in [0.4, 0.5) is 5.69 Å². The van der Waals surface area contributed by atoms with E-state index < -0.39 is 0 Å². The summed E-state index contributed by atoms with van der Waals surface area (Å²) in [6.07, 6.45) is 0. The second-order valence-corrected chi connectivity index (χ2v) is 5.93. The first-order valence-electron chi connectivity index (χ1n) is 8.62. The zero-order valence-electron chi connectivity index (χ0n) is 16.1. The van der Waals surface area contributed by atoms with Gasteiger partial charge in [0.15, 0.2) is 0 Å². The second kappa shape index (κ2) is 12.7. The highest BCUT2D eigenvalue weighted by Crippen LogP contribution is 2.33. The van der Waals surface area contributed by atoms with Crippen LogP contribution in [0.15, 0.2) is 47.4 Å². The van der Waals surface area contributed by atoms with Gasteiger partial charge in [0.25, 0.3) is 0 Å². The van der Waals surface area contributed by atoms with Gasteiger partial charge in [0.2, 0.25) is 5.91 Å². The zero-order valence-corrected chi connectivity index (χ0v) is 16.9. The molecular weight excluding hydrogens is 314 g/mol. The third kappa shape index (κ3) is 7.69. The molecule has 2 nitrogen and oxygen atoms in total. The van der Waals surface area contributed by atoms with E-state index in [1.54, 1.807) is 18.7 Å². The van der Waals surface area contributed by atoms with Crippen LogP contribution >= 0.6 is 11.8 Å². The predicted octanol–water partition coefficient (Wildman–Crippen LogP) is 6.61. The number of carbonyl (C=O) groups is 1. The van der Waals surface area contributed by atoms with Crippen molar-refractivity contribution in [3.63, 3.8) is 0 Å². The molecule has 132 valence electrons. The van der Waals surface area contributed by atoms with Crippen LogP contribution in [0.1, 0.15) is 51.3 Å². The Balaban J connectivity index is 0.00000123. The molecule has 0 unspecified atom stereocenters. The molecule has 2 rings (SSSR count). The van der Waals surface area contributed by atoms with Crippen LogP contribution in [-0.2, 0) is 10.5 Å². The molecule has 0 radical (unpaired) electrons. The Hall–Kier alpha value is -1.74. The Bertz CT molecular complexity index is 609. The maximum absolute atomic E-state index is 11.4. The first-order valence-corrected chi connectivity index (χ1v) is 9.60. The Labute approximate surface area is 152 Å². The van der Waals surface area contributed by atoms with Crippen LogP contribution in [-0.4, -0.2) is 5.91 Å². The molecule has 0 atom stereocenters. The number of hydrogen-bond acceptors (Lipinski definition) is 2. The molecule has 0 aliphatic carbocycles. The van der Waals surface area contributed by atoms with E-state index in [-0.39, 0.29) is 5.91 Å². The van der Waals surface area contributed by atoms with Crippen molar-refractivity contribution in [1.82, 2.24) is 0 Å². The van der Waals surface area contributed by atoms with Crippen LogP contribution < -0.4 is 5.32 Å². The van der Waals surface area contributed by atoms with Crippen molar-refractivity contribution in [1.29, 1.82) is 0 Å². The molecule has 2 aromatic rings. The van der Waals surface area contributed by atoms with Crippen LogP contribution in [0.2, 0.25) is 0 Å². The van der Waals surface area contributed by atoms with Gasteiger partial charge in [-0.25, -0.2) is 0 Å². The summed E-state index contributed by atoms with van der Waals surface area (Å²) in [7, 11) is 0. The lowest BCUT2D eigenvalue weighted by Crippen LogP contribution is -2.08. The van der Waals surface area contributed by atoms with Crippen molar-refractivity contribution in [2.45, 2.75) is 59.1 Å². The van der Waals surface area contributed by atoms with Gasteiger partial charge in [0.1, 0.15) is 0 Å². The fourth-order valence-electron chi connectivity index (χ4n) is 2.11. The van der Waals surface area contributed by atoms with Crippen molar-refractivity contribution >= 4 is 23.4 Å². The third-order valence-corrected chi connectivity index (χ3v) is 4.09. The number of carbonyl (C=O) groups excluding carboxylic acids is 1. The molecule has 0 saturated carbocycles. The predicted molar refractivity (Wildman–Crippen MR) is 109 cm³/mol. The molecule has 3 heteroatoms. The molecule has 0 aliphatic heterocycles. The molecular formula is C21H31NOS. The standard InChI is InChI=1S/C17H19NOS.2C2H6/c1-12-9-13(2)17(18-14(3)19)16(10-12)20-11-15-7-5-4-6-8-15;2*1-2/h4-10H,11H2,1-3H3,(H,18,19);2*1-2H3. The quantitative estimate of drug-likeness (QED) is 0.632. The highest BCUT2D eigenvalue weighted by molar-refractivity contribution is 7.98. The Morgan fingerprint density at radius 2 is 1.58 bits per heavy atom. The first kappa shape index (κ1) is 22.3. The van der Waals surface area contributed by atoms with Gasteiger partial charge in [-0.3, -0.25) is 4.79 Å². The zero-order chi connectivity index (χ0) is 18.5. The number of nitrogens with one attached hydrogen (secondary N) is 1. The SMILES string of the molecule is CC.CC.CC(=O)Nc1c(C)cc(C)cc1SCc1ccccc1. The smallest absolute Gasteiger partial charge is 0.221 e. The minimum absolute atomic E-state index is 0.0292. The summed E-state index contributed by atoms with van der Waals surface area (Å²) in [4.78, 5) is 12.5. The number of hydrogen-bond donors (Lipinski definition) is 1. The number of aryl methyl sites for hydroxylation is 2. The molecule has 24 heavy (non-hydrogen) atoms. The van der Waals surface area contributed by atoms with E-state index in [1.165, 1.54) is 11.1 Å². The summed E-state index contributed by atoms with van der Waals surface area (Å²) in [5, 5.41) is 2.95. The van der Waals surface area contributed by atoms with Gasteiger partial charge < -0.3 is 5.32 Å². The topological polar surface area (TPSA) is 29.1 Å². The van der Waals surface area contributed by atoms with Gasteiger partial charge in [-0.15, -0.1) is 11.8 Å². The summed E-state index contributed by atoms with van der Waals surface area (Å²) >= 11 is 1.76. The highest BCUT2D eigenvalue weighted by atomic mass is 32.2. The molecule has 1 amide bonds. The summed E-state index contributed by atoms with van der Waals surface area (Å²) in [5.74, 6) is 0.870. The van der Waals surface area contributed by atoms with Crippen molar-refractivity contribution < 1.29 is 4.79 Å². The highest BCUT2D eigenvalue weighted by Gasteiger charge is 2.09. The molecule has 2 aromatic carbocycles. The lowest BCUT2D eigenvalue weighted by Gasteiger charge is -2.14. The average molecular weight is 346 g/mol. The summed E-state index contributed by atoms with van der Waals surface area (Å²) < 4.78 is 0. The molecule has 0 bridgehead atoms. The maximum Gasteiger partial charge on any atom is 0.221 e. The van der Waals surface area contributed by atoms with Gasteiger partial charge in [-0.2, -0.15) is 0 Å². The molecule has 0 heterocycles. The van der Waals surface area contributed by atoms with Crippen molar-refractivity contribution in [3.05, 3.63) is 59.2 Å². The fraction of sp³-hybridized carbons (Fsp3) is 0.381. The fourth-order valence-corrected chi connectivity index (χ4v) is 3.25. The number of thioether (sulfide) groups is 1. The molecule has 1 N–H and O–H groups in total. The van der Waals surface area contributed by atoms with Crippen LogP contribution in [0.25, 0.3) is 0 Å². The van der Waals surface area contributed by atoms with Crippen LogP contribution in [0, 0.1) is 13.8 Å². The Morgan fingerprint density at radius 3 is 2.12 bits per heavy atom. The van der Waals surface area contributed by atoms with E-state index in [2.05, 4.69) is 36.5 Å². The van der Waals surface area contributed by atoms with Gasteiger partial charge in [-0.05, 0) is 36.6 Å². The monoisotopic (exact) mass is 345 g/mol. The lowest BCUT2D eigenvalue weighted by molar-refractivity contribution is -0.114. The number of anilines is 1. The van der Waals surface area contributed by atoms with E-state index in [4.69, 9.17) is 0 Å². The van der Waals surface area contributed by atoms with E-state index in [0.717, 1.165) is 21.9 Å². The minimum Gasteiger partial charge on any atom is -0.325 e. The third-order valence-electron chi connectivity index (χ3n) is 2.98. The summed E-state index contributed by atoms with van der Waals surface area (Å²) in [6, 6.07) is 14.6. The van der Waals surface area contributed by atoms with E-state index in [9.17, 15) is 4.79 Å². The largest absolute Gasteiger partial charge is 0.325 e. The average Bonchev–Trinajstić information content (AvgIpc) is 2.60. The number of amides is 1. The van der Waals surface area contributed by atoms with Gasteiger partial charge in [-0.1, -0.05) is 64.1 Å². The van der Waals surface area contributed by atoms with Crippen LogP contribution in [0.5, 0.6) is 0 Å². The van der Waals surface area contributed by atoms with Gasteiger partial charge in [0, 0.05) is 17.6 Å². The molecule has 0 fully saturated rings. The lowest BCUT2D eigenvalue weighted by atomic mass is 10.1. The minimum atomic E-state index is -0.0292. The van der Waals surface area contributed by atoms with Crippen LogP contribution in [0.3, 0.4) is 0 Å². The van der Waals surface area contributed by atoms with E-state index in [1.807, 2.05) is 52.8 Å². The first-order chi connectivity index (χ1) is 11.6. The maximum atomic E-state index is 11.4. The van der Waals surface area contributed by atoms with Crippen molar-refractivity contribution in [3.8, 4) is 0 Å². The van der Waals surface area contributed by atoms with E-state index >= 15 is 0 Å². The summed E-state index contributed by atoms with van der Waals surface area (Å²) in [5.41, 5.74) is 4.54. The van der Waals surface area contributed by atoms with E-state index in [0.29, 0.717) is 0 Å². The van der Waals surface area contributed by atoms with Gasteiger partial charge >= 0.3 is 0 Å². The Morgan fingerprint density at radius 1 is 1.00 bits per heavy atom. The number of benzene rings is 2. The summed E-state index contributed by atoms with van der Waals surface area (Å²) in [6.45, 7) is 13.7. The molecule has 0 aliphatic rings. The Kier molecular flexibility index (Phi) is 11.7. The number of rotatable bonds is 4. The molecule has 0 spiro atoms. The van der Waals surface area contributed by atoms with Crippen molar-refractivity contribution in [2.75, 3.05) is 5.32 Å².